The molecule has 2 heterocycles. The standard InChI is InChI=1S/C17H24N4S/c1-17(2,15-7-5-11-22-15)13-21-16(18-3)20-10-8-14-6-4-9-19-12-14/h4-7,9,11-12H,8,10,13H2,1-3H3,(H2,18,20,21). The quantitative estimate of drug-likeness (QED) is 0.636. The fourth-order valence-electron chi connectivity index (χ4n) is 2.15. The Hall–Kier alpha value is -1.88. The van der Waals surface area contributed by atoms with Gasteiger partial charge in [-0.1, -0.05) is 26.0 Å². The minimum Gasteiger partial charge on any atom is -0.356 e. The van der Waals surface area contributed by atoms with Crippen molar-refractivity contribution in [1.29, 1.82) is 0 Å². The third-order valence-electron chi connectivity index (χ3n) is 3.54. The molecular formula is C17H24N4S. The van der Waals surface area contributed by atoms with Crippen LogP contribution in [-0.4, -0.2) is 31.1 Å². The van der Waals surface area contributed by atoms with Gasteiger partial charge in [0.05, 0.1) is 0 Å². The van der Waals surface area contributed by atoms with Crippen molar-refractivity contribution in [2.75, 3.05) is 20.1 Å². The maximum atomic E-state index is 4.29. The fraction of sp³-hybridized carbons (Fsp3) is 0.412. The zero-order chi connectivity index (χ0) is 15.8. The predicted molar refractivity (Wildman–Crippen MR) is 94.7 cm³/mol. The lowest BCUT2D eigenvalue weighted by atomic mass is 9.91. The van der Waals surface area contributed by atoms with Crippen molar-refractivity contribution in [2.24, 2.45) is 4.99 Å². The zero-order valence-electron chi connectivity index (χ0n) is 13.5. The Balaban J connectivity index is 1.78. The first-order valence-electron chi connectivity index (χ1n) is 7.49. The van der Waals surface area contributed by atoms with Gasteiger partial charge < -0.3 is 10.6 Å². The molecule has 0 aliphatic rings. The summed E-state index contributed by atoms with van der Waals surface area (Å²) >= 11 is 1.80. The van der Waals surface area contributed by atoms with Gasteiger partial charge in [-0.15, -0.1) is 11.3 Å². The molecule has 0 unspecified atom stereocenters. The van der Waals surface area contributed by atoms with Crippen molar-refractivity contribution in [3.8, 4) is 0 Å². The van der Waals surface area contributed by atoms with Crippen LogP contribution in [0.1, 0.15) is 24.3 Å². The maximum absolute atomic E-state index is 4.29. The first kappa shape index (κ1) is 16.5. The highest BCUT2D eigenvalue weighted by Gasteiger charge is 2.21. The van der Waals surface area contributed by atoms with E-state index in [0.29, 0.717) is 0 Å². The van der Waals surface area contributed by atoms with E-state index in [1.807, 2.05) is 12.3 Å². The number of guanidine groups is 1. The van der Waals surface area contributed by atoms with Gasteiger partial charge in [0, 0.05) is 42.8 Å². The molecule has 0 radical (unpaired) electrons. The Morgan fingerprint density at radius 3 is 2.77 bits per heavy atom. The molecule has 2 N–H and O–H groups in total. The van der Waals surface area contributed by atoms with Crippen molar-refractivity contribution in [1.82, 2.24) is 15.6 Å². The number of nitrogens with zero attached hydrogens (tertiary/aromatic N) is 2. The summed E-state index contributed by atoms with van der Waals surface area (Å²) < 4.78 is 0. The second-order valence-electron chi connectivity index (χ2n) is 5.83. The second kappa shape index (κ2) is 7.94. The summed E-state index contributed by atoms with van der Waals surface area (Å²) in [4.78, 5) is 9.79. The number of aromatic nitrogens is 1. The molecule has 2 rings (SSSR count). The number of aliphatic imine (C=N–C) groups is 1. The molecule has 0 atom stereocenters. The molecule has 0 bridgehead atoms. The largest absolute Gasteiger partial charge is 0.356 e. The van der Waals surface area contributed by atoms with E-state index in [4.69, 9.17) is 0 Å². The lowest BCUT2D eigenvalue weighted by Crippen LogP contribution is -2.43. The Kier molecular flexibility index (Phi) is 5.95. The highest BCUT2D eigenvalue weighted by Crippen LogP contribution is 2.26. The van der Waals surface area contributed by atoms with Crippen LogP contribution in [0.25, 0.3) is 0 Å². The molecule has 5 heteroatoms. The van der Waals surface area contributed by atoms with Crippen LogP contribution >= 0.6 is 11.3 Å². The summed E-state index contributed by atoms with van der Waals surface area (Å²) in [5, 5.41) is 8.89. The fourth-order valence-corrected chi connectivity index (χ4v) is 3.00. The molecule has 22 heavy (non-hydrogen) atoms. The van der Waals surface area contributed by atoms with Crippen molar-refractivity contribution in [3.05, 3.63) is 52.5 Å². The van der Waals surface area contributed by atoms with Gasteiger partial charge in [0.25, 0.3) is 0 Å². The molecule has 0 fully saturated rings. The van der Waals surface area contributed by atoms with Crippen LogP contribution in [-0.2, 0) is 11.8 Å². The number of hydrogen-bond acceptors (Lipinski definition) is 3. The van der Waals surface area contributed by atoms with E-state index in [1.165, 1.54) is 10.4 Å². The lowest BCUT2D eigenvalue weighted by Gasteiger charge is -2.25. The van der Waals surface area contributed by atoms with Crippen LogP contribution in [0.2, 0.25) is 0 Å². The molecule has 118 valence electrons. The van der Waals surface area contributed by atoms with Gasteiger partial charge in [-0.25, -0.2) is 0 Å². The molecule has 2 aromatic heterocycles. The minimum atomic E-state index is 0.0924. The van der Waals surface area contributed by atoms with Crippen molar-refractivity contribution >= 4 is 17.3 Å². The number of thiophene rings is 1. The van der Waals surface area contributed by atoms with Gasteiger partial charge in [-0.3, -0.25) is 9.98 Å². The summed E-state index contributed by atoms with van der Waals surface area (Å²) in [5.41, 5.74) is 1.32. The molecule has 0 aromatic carbocycles. The Morgan fingerprint density at radius 1 is 1.27 bits per heavy atom. The molecule has 0 saturated heterocycles. The number of rotatable bonds is 6. The maximum Gasteiger partial charge on any atom is 0.191 e. The number of nitrogens with one attached hydrogen (secondary N) is 2. The molecule has 0 amide bonds. The summed E-state index contributed by atoms with van der Waals surface area (Å²) in [5.74, 6) is 0.841. The van der Waals surface area contributed by atoms with E-state index in [2.05, 4.69) is 58.0 Å². The topological polar surface area (TPSA) is 49.3 Å². The third-order valence-corrected chi connectivity index (χ3v) is 4.77. The van der Waals surface area contributed by atoms with Crippen LogP contribution in [0.5, 0.6) is 0 Å². The third kappa shape index (κ3) is 4.84. The van der Waals surface area contributed by atoms with E-state index in [-0.39, 0.29) is 5.41 Å². The Morgan fingerprint density at radius 2 is 2.14 bits per heavy atom. The molecule has 0 aliphatic carbocycles. The van der Waals surface area contributed by atoms with Crippen molar-refractivity contribution in [3.63, 3.8) is 0 Å². The summed E-state index contributed by atoms with van der Waals surface area (Å²) in [6, 6.07) is 8.34. The monoisotopic (exact) mass is 316 g/mol. The van der Waals surface area contributed by atoms with Crippen LogP contribution in [0, 0.1) is 0 Å². The van der Waals surface area contributed by atoms with Crippen molar-refractivity contribution < 1.29 is 0 Å². The normalized spacial score (nSPS) is 12.2. The smallest absolute Gasteiger partial charge is 0.191 e. The van der Waals surface area contributed by atoms with E-state index < -0.39 is 0 Å². The van der Waals surface area contributed by atoms with E-state index in [0.717, 1.165) is 25.5 Å². The Bertz CT molecular complexity index is 576. The summed E-state index contributed by atoms with van der Waals surface area (Å²) in [7, 11) is 1.80. The van der Waals surface area contributed by atoms with Gasteiger partial charge >= 0.3 is 0 Å². The predicted octanol–water partition coefficient (Wildman–Crippen LogP) is 2.83. The van der Waals surface area contributed by atoms with E-state index >= 15 is 0 Å². The Labute approximate surface area is 136 Å². The van der Waals surface area contributed by atoms with Gasteiger partial charge in [-0.05, 0) is 29.5 Å². The molecule has 0 saturated carbocycles. The van der Waals surface area contributed by atoms with E-state index in [1.54, 1.807) is 24.6 Å². The van der Waals surface area contributed by atoms with Crippen LogP contribution < -0.4 is 10.6 Å². The molecular weight excluding hydrogens is 292 g/mol. The SMILES string of the molecule is CN=C(NCCc1cccnc1)NCC(C)(C)c1cccs1. The highest BCUT2D eigenvalue weighted by molar-refractivity contribution is 7.10. The van der Waals surface area contributed by atoms with Gasteiger partial charge in [0.15, 0.2) is 5.96 Å². The number of pyridine rings is 1. The molecule has 4 nitrogen and oxygen atoms in total. The first-order chi connectivity index (χ1) is 10.6. The van der Waals surface area contributed by atoms with Crippen LogP contribution in [0.3, 0.4) is 0 Å². The average Bonchev–Trinajstić information content (AvgIpc) is 3.07. The summed E-state index contributed by atoms with van der Waals surface area (Å²) in [6.07, 6.45) is 4.63. The molecule has 2 aromatic rings. The van der Waals surface area contributed by atoms with Crippen LogP contribution in [0.4, 0.5) is 0 Å². The van der Waals surface area contributed by atoms with Crippen LogP contribution in [0.15, 0.2) is 47.0 Å². The van der Waals surface area contributed by atoms with Gasteiger partial charge in [0.1, 0.15) is 0 Å². The highest BCUT2D eigenvalue weighted by atomic mass is 32.1. The summed E-state index contributed by atoms with van der Waals surface area (Å²) in [6.45, 7) is 6.17. The molecule has 0 aliphatic heterocycles. The number of hydrogen-bond donors (Lipinski definition) is 2. The van der Waals surface area contributed by atoms with Gasteiger partial charge in [-0.2, -0.15) is 0 Å². The van der Waals surface area contributed by atoms with E-state index in [9.17, 15) is 0 Å². The second-order valence-corrected chi connectivity index (χ2v) is 6.77. The molecule has 0 spiro atoms. The lowest BCUT2D eigenvalue weighted by molar-refractivity contribution is 0.518. The van der Waals surface area contributed by atoms with Gasteiger partial charge in [0.2, 0.25) is 0 Å². The minimum absolute atomic E-state index is 0.0924. The first-order valence-corrected chi connectivity index (χ1v) is 8.37. The van der Waals surface area contributed by atoms with Crippen molar-refractivity contribution in [2.45, 2.75) is 25.7 Å². The zero-order valence-corrected chi connectivity index (χ0v) is 14.3. The average molecular weight is 316 g/mol.